The molecule has 9 heteroatoms. The van der Waals surface area contributed by atoms with Gasteiger partial charge in [-0.15, -0.1) is 17.9 Å². The van der Waals surface area contributed by atoms with Crippen LogP contribution < -0.4 is 4.90 Å². The molecule has 0 spiro atoms. The quantitative estimate of drug-likeness (QED) is 0.422. The fourth-order valence-corrected chi connectivity index (χ4v) is 5.04. The van der Waals surface area contributed by atoms with Crippen molar-refractivity contribution in [3.8, 4) is 10.8 Å². The Morgan fingerprint density at radius 2 is 2.12 bits per heavy atom. The molecule has 1 fully saturated rings. The predicted octanol–water partition coefficient (Wildman–Crippen LogP) is 3.61. The molecule has 3 aromatic rings. The summed E-state index contributed by atoms with van der Waals surface area (Å²) < 4.78 is 11.0. The van der Waals surface area contributed by atoms with E-state index in [1.165, 1.54) is 27.2 Å². The van der Waals surface area contributed by atoms with Crippen molar-refractivity contribution in [2.24, 2.45) is 0 Å². The van der Waals surface area contributed by atoms with Crippen LogP contribution >= 0.6 is 11.3 Å². The highest BCUT2D eigenvalue weighted by Crippen LogP contribution is 2.45. The number of aromatic nitrogens is 1. The Morgan fingerprint density at radius 3 is 2.91 bits per heavy atom. The van der Waals surface area contributed by atoms with Gasteiger partial charge in [-0.2, -0.15) is 0 Å². The van der Waals surface area contributed by atoms with Gasteiger partial charge in [-0.25, -0.2) is 9.78 Å². The largest absolute Gasteiger partial charge is 0.462 e. The average Bonchev–Trinajstić information content (AvgIpc) is 3.55. The summed E-state index contributed by atoms with van der Waals surface area (Å²) in [5.74, 6) is -0.604. The highest BCUT2D eigenvalue weighted by molar-refractivity contribution is 7.13. The molecule has 2 amide bonds. The van der Waals surface area contributed by atoms with Crippen LogP contribution in [0.4, 0.5) is 5.69 Å². The van der Waals surface area contributed by atoms with Gasteiger partial charge in [0.15, 0.2) is 10.8 Å². The van der Waals surface area contributed by atoms with Crippen LogP contribution in [-0.4, -0.2) is 39.9 Å². The zero-order valence-corrected chi connectivity index (χ0v) is 17.8. The molecule has 1 unspecified atom stereocenters. The van der Waals surface area contributed by atoms with Gasteiger partial charge in [0.05, 0.1) is 23.2 Å². The molecule has 1 atom stereocenters. The standard InChI is InChI=1S/C23H19N3O5S/c1-2-11-25-21(28)16-6-3-4-7-17(16)26-19(27)9-10-23(25,26)22(29)31-13-15-14-32-20(24-15)18-8-5-12-30-18/h2-8,12,14H,1,9-11,13H2. The van der Waals surface area contributed by atoms with Gasteiger partial charge in [0.25, 0.3) is 5.91 Å². The number of nitrogens with zero attached hydrogens (tertiary/aromatic N) is 3. The fraction of sp³-hybridized carbons (Fsp3) is 0.217. The number of carbonyl (C=O) groups excluding carboxylic acids is 3. The van der Waals surface area contributed by atoms with E-state index < -0.39 is 11.6 Å². The lowest BCUT2D eigenvalue weighted by atomic mass is 9.96. The number of hydrogen-bond donors (Lipinski definition) is 0. The van der Waals surface area contributed by atoms with E-state index in [4.69, 9.17) is 9.15 Å². The summed E-state index contributed by atoms with van der Waals surface area (Å²) in [6.07, 6.45) is 3.38. The van der Waals surface area contributed by atoms with Gasteiger partial charge in [-0.1, -0.05) is 18.2 Å². The third kappa shape index (κ3) is 2.96. The molecule has 162 valence electrons. The molecule has 5 rings (SSSR count). The zero-order valence-electron chi connectivity index (χ0n) is 17.0. The summed E-state index contributed by atoms with van der Waals surface area (Å²) in [6, 6.07) is 10.4. The summed E-state index contributed by atoms with van der Waals surface area (Å²) in [5.41, 5.74) is -0.196. The third-order valence-electron chi connectivity index (χ3n) is 5.65. The molecule has 0 bridgehead atoms. The van der Waals surface area contributed by atoms with Crippen molar-refractivity contribution in [2.75, 3.05) is 11.4 Å². The second kappa shape index (κ2) is 7.76. The van der Waals surface area contributed by atoms with E-state index in [0.717, 1.165) is 0 Å². The summed E-state index contributed by atoms with van der Waals surface area (Å²) in [6.45, 7) is 3.74. The van der Waals surface area contributed by atoms with Crippen molar-refractivity contribution in [3.63, 3.8) is 0 Å². The summed E-state index contributed by atoms with van der Waals surface area (Å²) in [7, 11) is 0. The van der Waals surface area contributed by atoms with E-state index in [2.05, 4.69) is 11.6 Å². The Balaban J connectivity index is 1.47. The van der Waals surface area contributed by atoms with Gasteiger partial charge in [0.2, 0.25) is 11.6 Å². The van der Waals surface area contributed by atoms with E-state index in [1.807, 2.05) is 0 Å². The molecule has 0 radical (unpaired) electrons. The molecule has 4 heterocycles. The number of hydrogen-bond acceptors (Lipinski definition) is 7. The fourth-order valence-electron chi connectivity index (χ4n) is 4.27. The van der Waals surface area contributed by atoms with E-state index in [9.17, 15) is 14.4 Å². The van der Waals surface area contributed by atoms with Crippen molar-refractivity contribution in [2.45, 2.75) is 25.1 Å². The van der Waals surface area contributed by atoms with E-state index in [-0.39, 0.29) is 37.8 Å². The molecule has 0 aliphatic carbocycles. The number of rotatable bonds is 6. The highest BCUT2D eigenvalue weighted by atomic mass is 32.1. The Bertz CT molecular complexity index is 1220. The monoisotopic (exact) mass is 449 g/mol. The Morgan fingerprint density at radius 1 is 1.28 bits per heavy atom. The first-order valence-corrected chi connectivity index (χ1v) is 10.9. The second-order valence-corrected chi connectivity index (χ2v) is 8.32. The van der Waals surface area contributed by atoms with Crippen molar-refractivity contribution < 1.29 is 23.5 Å². The minimum atomic E-state index is -1.55. The Kier molecular flexibility index (Phi) is 4.90. The Hall–Kier alpha value is -3.72. The van der Waals surface area contributed by atoms with Crippen LogP contribution in [0, 0.1) is 0 Å². The number of para-hydroxylation sites is 1. The summed E-state index contributed by atoms with van der Waals surface area (Å²) in [4.78, 5) is 46.9. The van der Waals surface area contributed by atoms with Gasteiger partial charge >= 0.3 is 5.97 Å². The number of esters is 1. The molecule has 0 saturated carbocycles. The molecular weight excluding hydrogens is 430 g/mol. The minimum absolute atomic E-state index is 0.0857. The second-order valence-electron chi connectivity index (χ2n) is 7.46. The maximum Gasteiger partial charge on any atom is 0.354 e. The van der Waals surface area contributed by atoms with Crippen LogP contribution in [0.2, 0.25) is 0 Å². The number of amides is 2. The van der Waals surface area contributed by atoms with Crippen LogP contribution in [0.25, 0.3) is 10.8 Å². The molecule has 1 aromatic carbocycles. The number of ether oxygens (including phenoxy) is 1. The van der Waals surface area contributed by atoms with Gasteiger partial charge in [-0.3, -0.25) is 14.5 Å². The molecular formula is C23H19N3O5S. The van der Waals surface area contributed by atoms with Crippen LogP contribution in [0.3, 0.4) is 0 Å². The lowest BCUT2D eigenvalue weighted by Crippen LogP contribution is -2.68. The number of fused-ring (bicyclic) bond motifs is 3. The first-order chi connectivity index (χ1) is 15.6. The minimum Gasteiger partial charge on any atom is -0.462 e. The topological polar surface area (TPSA) is 93.0 Å². The molecule has 8 nitrogen and oxygen atoms in total. The number of thiazole rings is 1. The average molecular weight is 449 g/mol. The predicted molar refractivity (Wildman–Crippen MR) is 117 cm³/mol. The van der Waals surface area contributed by atoms with Gasteiger partial charge in [0.1, 0.15) is 6.61 Å². The van der Waals surface area contributed by atoms with Crippen LogP contribution in [0.15, 0.2) is 65.1 Å². The van der Waals surface area contributed by atoms with Crippen LogP contribution in [-0.2, 0) is 20.9 Å². The lowest BCUT2D eigenvalue weighted by molar-refractivity contribution is -0.158. The van der Waals surface area contributed by atoms with Crippen molar-refractivity contribution in [1.29, 1.82) is 0 Å². The third-order valence-corrected chi connectivity index (χ3v) is 6.55. The molecule has 2 aromatic heterocycles. The maximum absolute atomic E-state index is 13.5. The van der Waals surface area contributed by atoms with E-state index >= 15 is 0 Å². The maximum atomic E-state index is 13.5. The van der Waals surface area contributed by atoms with Crippen LogP contribution in [0.5, 0.6) is 0 Å². The normalized spacial score (nSPS) is 19.6. The molecule has 32 heavy (non-hydrogen) atoms. The van der Waals surface area contributed by atoms with Gasteiger partial charge in [0, 0.05) is 24.8 Å². The molecule has 0 N–H and O–H groups in total. The first kappa shape index (κ1) is 20.2. The summed E-state index contributed by atoms with van der Waals surface area (Å²) >= 11 is 1.37. The number of anilines is 1. The van der Waals surface area contributed by atoms with Gasteiger partial charge in [-0.05, 0) is 24.3 Å². The van der Waals surface area contributed by atoms with Crippen molar-refractivity contribution >= 4 is 34.8 Å². The smallest absolute Gasteiger partial charge is 0.354 e. The number of carbonyl (C=O) groups is 3. The first-order valence-electron chi connectivity index (χ1n) is 10.1. The van der Waals surface area contributed by atoms with Gasteiger partial charge < -0.3 is 14.1 Å². The van der Waals surface area contributed by atoms with Crippen molar-refractivity contribution in [1.82, 2.24) is 9.88 Å². The molecule has 2 aliphatic rings. The number of benzene rings is 1. The van der Waals surface area contributed by atoms with Crippen LogP contribution in [0.1, 0.15) is 28.9 Å². The van der Waals surface area contributed by atoms with E-state index in [1.54, 1.807) is 48.0 Å². The molecule has 1 saturated heterocycles. The van der Waals surface area contributed by atoms with Crippen molar-refractivity contribution in [3.05, 3.63) is 72.0 Å². The Labute approximate surface area is 187 Å². The zero-order chi connectivity index (χ0) is 22.3. The highest BCUT2D eigenvalue weighted by Gasteiger charge is 2.61. The summed E-state index contributed by atoms with van der Waals surface area (Å²) in [5, 5.41) is 2.45. The lowest BCUT2D eigenvalue weighted by Gasteiger charge is -2.48. The SMILES string of the molecule is C=CCN1C(=O)c2ccccc2N2C(=O)CCC12C(=O)OCc1csc(-c2ccco2)n1. The molecule has 2 aliphatic heterocycles. The van der Waals surface area contributed by atoms with E-state index in [0.29, 0.717) is 27.7 Å². The number of furan rings is 1.